The summed E-state index contributed by atoms with van der Waals surface area (Å²) >= 11 is 0. The van der Waals surface area contributed by atoms with Crippen molar-refractivity contribution in [2.75, 3.05) is 0 Å². The first-order chi connectivity index (χ1) is 14.3. The fraction of sp³-hybridized carbons (Fsp3) is 0.423. The van der Waals surface area contributed by atoms with Crippen LogP contribution in [0.3, 0.4) is 0 Å². The van der Waals surface area contributed by atoms with Gasteiger partial charge in [0.05, 0.1) is 11.5 Å². The van der Waals surface area contributed by atoms with Crippen LogP contribution in [0.15, 0.2) is 48.5 Å². The third-order valence-electron chi connectivity index (χ3n) is 6.42. The summed E-state index contributed by atoms with van der Waals surface area (Å²) in [6.45, 7) is 8.99. The number of allylic oxidation sites excluding steroid dienone is 1. The second-order valence-electron chi connectivity index (χ2n) is 9.67. The fourth-order valence-electron chi connectivity index (χ4n) is 4.36. The Morgan fingerprint density at radius 1 is 1.00 bits per heavy atom. The van der Waals surface area contributed by atoms with Crippen LogP contribution in [0.5, 0.6) is 0 Å². The Bertz CT molecular complexity index is 1010. The van der Waals surface area contributed by atoms with Crippen LogP contribution in [0.2, 0.25) is 0 Å². The molecule has 3 rings (SSSR count). The van der Waals surface area contributed by atoms with Crippen LogP contribution in [-0.2, 0) is 28.2 Å². The van der Waals surface area contributed by atoms with E-state index < -0.39 is 17.7 Å². The number of carboxylic acids is 1. The Morgan fingerprint density at radius 3 is 2.26 bits per heavy atom. The van der Waals surface area contributed by atoms with Crippen molar-refractivity contribution in [3.05, 3.63) is 76.4 Å². The number of fused-ring (bicyclic) bond motifs is 1. The minimum atomic E-state index is -4.53. The second-order valence-corrected chi connectivity index (χ2v) is 9.67. The lowest BCUT2D eigenvalue weighted by atomic mass is 9.63. The first kappa shape index (κ1) is 23.1. The van der Waals surface area contributed by atoms with E-state index in [2.05, 4.69) is 45.9 Å². The Hall–Kier alpha value is -2.56. The molecule has 31 heavy (non-hydrogen) atoms. The maximum atomic E-state index is 13.0. The van der Waals surface area contributed by atoms with E-state index in [0.29, 0.717) is 12.8 Å². The van der Waals surface area contributed by atoms with Gasteiger partial charge in [0.1, 0.15) is 0 Å². The monoisotopic (exact) mass is 429 g/mol. The smallest absolute Gasteiger partial charge is 0.416 e. The molecule has 0 amide bonds. The Labute approximate surface area is 181 Å². The van der Waals surface area contributed by atoms with Crippen molar-refractivity contribution < 1.29 is 23.1 Å². The van der Waals surface area contributed by atoms with Crippen molar-refractivity contribution in [2.24, 2.45) is 0 Å². The van der Waals surface area contributed by atoms with E-state index >= 15 is 0 Å². The number of benzene rings is 2. The van der Waals surface area contributed by atoms with E-state index in [0.717, 1.165) is 30.5 Å². The lowest BCUT2D eigenvalue weighted by molar-refractivity contribution is -0.295. The Kier molecular flexibility index (Phi) is 6.09. The molecule has 0 N–H and O–H groups in total. The van der Waals surface area contributed by atoms with Gasteiger partial charge in [0.25, 0.3) is 0 Å². The Morgan fingerprint density at radius 2 is 1.65 bits per heavy atom. The molecule has 0 aliphatic heterocycles. The normalized spacial score (nSPS) is 17.8. The largest absolute Gasteiger partial charge is 0.545 e. The van der Waals surface area contributed by atoms with E-state index in [9.17, 15) is 23.1 Å². The molecular weight excluding hydrogens is 401 g/mol. The minimum Gasteiger partial charge on any atom is -0.545 e. The molecule has 0 radical (unpaired) electrons. The number of aryl methyl sites for hydroxylation is 1. The van der Waals surface area contributed by atoms with Crippen LogP contribution >= 0.6 is 0 Å². The van der Waals surface area contributed by atoms with E-state index in [4.69, 9.17) is 0 Å². The molecule has 0 heterocycles. The molecule has 1 aliphatic carbocycles. The lowest BCUT2D eigenvalue weighted by Crippen LogP contribution is -2.33. The number of halogens is 3. The van der Waals surface area contributed by atoms with Crippen molar-refractivity contribution >= 4 is 11.5 Å². The summed E-state index contributed by atoms with van der Waals surface area (Å²) in [5.41, 5.74) is 2.86. The van der Waals surface area contributed by atoms with Crippen molar-refractivity contribution in [3.63, 3.8) is 0 Å². The van der Waals surface area contributed by atoms with Gasteiger partial charge in [-0.25, -0.2) is 0 Å². The molecule has 0 spiro atoms. The van der Waals surface area contributed by atoms with Gasteiger partial charge in [-0.15, -0.1) is 0 Å². The van der Waals surface area contributed by atoms with Crippen molar-refractivity contribution in [3.8, 4) is 0 Å². The van der Waals surface area contributed by atoms with E-state index in [1.54, 1.807) is 0 Å². The summed E-state index contributed by atoms with van der Waals surface area (Å²) in [6, 6.07) is 10.8. The summed E-state index contributed by atoms with van der Waals surface area (Å²) in [4.78, 5) is 11.6. The molecule has 2 nitrogen and oxygen atoms in total. The van der Waals surface area contributed by atoms with Crippen molar-refractivity contribution in [1.29, 1.82) is 0 Å². The molecule has 2 aromatic rings. The number of carboxylic acid groups (broad SMARTS) is 1. The molecule has 0 bridgehead atoms. The number of carbonyl (C=O) groups excluding carboxylic acids is 1. The molecule has 0 saturated heterocycles. The number of alkyl halides is 3. The lowest BCUT2D eigenvalue weighted by Gasteiger charge is -2.42. The van der Waals surface area contributed by atoms with Gasteiger partial charge in [-0.1, -0.05) is 64.1 Å². The van der Waals surface area contributed by atoms with Crippen LogP contribution in [0.25, 0.3) is 5.57 Å². The summed E-state index contributed by atoms with van der Waals surface area (Å²) < 4.78 is 38.9. The van der Waals surface area contributed by atoms with Crippen molar-refractivity contribution in [2.45, 2.75) is 70.4 Å². The van der Waals surface area contributed by atoms with Crippen LogP contribution in [0.4, 0.5) is 13.2 Å². The Balaban J connectivity index is 1.84. The van der Waals surface area contributed by atoms with Gasteiger partial charge in [0.2, 0.25) is 0 Å². The molecule has 5 heteroatoms. The number of hydrogen-bond acceptors (Lipinski definition) is 2. The molecular formula is C26H28F3O2-. The quantitative estimate of drug-likeness (QED) is 0.562. The highest BCUT2D eigenvalue weighted by atomic mass is 19.4. The van der Waals surface area contributed by atoms with E-state index in [1.807, 2.05) is 0 Å². The molecule has 166 valence electrons. The molecule has 0 saturated carbocycles. The van der Waals surface area contributed by atoms with Gasteiger partial charge >= 0.3 is 6.18 Å². The zero-order chi connectivity index (χ0) is 23.0. The maximum absolute atomic E-state index is 13.0. The summed E-state index contributed by atoms with van der Waals surface area (Å²) in [5, 5.41) is 11.6. The average molecular weight is 430 g/mol. The fourth-order valence-corrected chi connectivity index (χ4v) is 4.36. The second kappa shape index (κ2) is 8.18. The zero-order valence-electron chi connectivity index (χ0n) is 18.4. The van der Waals surface area contributed by atoms with E-state index in [1.165, 1.54) is 29.3 Å². The maximum Gasteiger partial charge on any atom is 0.416 e. The van der Waals surface area contributed by atoms with Crippen molar-refractivity contribution in [1.82, 2.24) is 0 Å². The highest BCUT2D eigenvalue weighted by molar-refractivity contribution is 6.14. The zero-order valence-corrected chi connectivity index (χ0v) is 18.4. The first-order valence-corrected chi connectivity index (χ1v) is 10.5. The SMILES string of the molecule is CC1(C)CCC(C)(C)c2cc(CC/C=C(/C(=O)[O-])c3cccc(C(F)(F)F)c3)ccc21. The van der Waals surface area contributed by atoms with E-state index in [-0.39, 0.29) is 22.0 Å². The summed E-state index contributed by atoms with van der Waals surface area (Å²) in [6.07, 6.45) is 0.138. The number of carbonyl (C=O) groups is 1. The molecule has 2 aromatic carbocycles. The first-order valence-electron chi connectivity index (χ1n) is 10.5. The predicted molar refractivity (Wildman–Crippen MR) is 114 cm³/mol. The third kappa shape index (κ3) is 5.03. The minimum absolute atomic E-state index is 0.00292. The molecule has 1 aliphatic rings. The average Bonchev–Trinajstić information content (AvgIpc) is 2.68. The third-order valence-corrected chi connectivity index (χ3v) is 6.42. The van der Waals surface area contributed by atoms with Gasteiger partial charge in [-0.3, -0.25) is 0 Å². The van der Waals surface area contributed by atoms with Crippen LogP contribution < -0.4 is 5.11 Å². The van der Waals surface area contributed by atoms with Crippen LogP contribution in [0, 0.1) is 0 Å². The summed E-state index contributed by atoms with van der Waals surface area (Å²) in [7, 11) is 0. The topological polar surface area (TPSA) is 40.1 Å². The molecule has 0 unspecified atom stereocenters. The number of rotatable bonds is 5. The molecule has 0 fully saturated rings. The molecule has 0 atom stereocenters. The highest BCUT2D eigenvalue weighted by Crippen LogP contribution is 2.46. The summed E-state index contributed by atoms with van der Waals surface area (Å²) in [5.74, 6) is -1.48. The van der Waals surface area contributed by atoms with Gasteiger partial charge in [0.15, 0.2) is 0 Å². The number of aliphatic carboxylic acids is 1. The standard InChI is InChI=1S/C26H29F3O2/c1-24(2)13-14-25(3,4)22-15-17(11-12-21(22)24)7-5-10-20(23(30)31)18-8-6-9-19(16-18)26(27,28)29/h6,8-12,15-16H,5,7,13-14H2,1-4H3,(H,30,31)/p-1/b20-10+. The molecule has 0 aromatic heterocycles. The van der Waals surface area contributed by atoms with Gasteiger partial charge in [-0.2, -0.15) is 13.2 Å². The van der Waals surface area contributed by atoms with Crippen LogP contribution in [-0.4, -0.2) is 5.97 Å². The predicted octanol–water partition coefficient (Wildman–Crippen LogP) is 5.82. The van der Waals surface area contributed by atoms with Crippen LogP contribution in [0.1, 0.15) is 74.8 Å². The number of hydrogen-bond donors (Lipinski definition) is 0. The van der Waals surface area contributed by atoms with Gasteiger partial charge in [-0.05, 0) is 70.9 Å². The van der Waals surface area contributed by atoms with Gasteiger partial charge < -0.3 is 9.90 Å². The van der Waals surface area contributed by atoms with Gasteiger partial charge in [0, 0.05) is 5.57 Å². The highest BCUT2D eigenvalue weighted by Gasteiger charge is 2.36.